The number of unbranched alkanes of at least 4 members (excludes halogenated alkanes) is 45. The average molecular weight is 1480 g/mol. The number of hydrogen-bond donors (Lipinski definition) is 3. The fourth-order valence-corrected chi connectivity index (χ4v) is 14.2. The van der Waals surface area contributed by atoms with Gasteiger partial charge in [-0.2, -0.15) is 0 Å². The van der Waals surface area contributed by atoms with Crippen molar-refractivity contribution < 1.29 is 80.2 Å². The van der Waals surface area contributed by atoms with E-state index >= 15 is 0 Å². The lowest BCUT2D eigenvalue weighted by Crippen LogP contribution is -2.30. The van der Waals surface area contributed by atoms with Gasteiger partial charge in [0.15, 0.2) is 12.2 Å². The zero-order chi connectivity index (χ0) is 74.6. The summed E-state index contributed by atoms with van der Waals surface area (Å²) in [6, 6.07) is 0. The molecule has 3 unspecified atom stereocenters. The molecule has 0 amide bonds. The summed E-state index contributed by atoms with van der Waals surface area (Å²) in [5, 5.41) is 10.7. The van der Waals surface area contributed by atoms with Crippen LogP contribution in [0.15, 0.2) is 0 Å². The maximum absolute atomic E-state index is 13.1. The Morgan fingerprint density at radius 3 is 0.614 bits per heavy atom. The Bertz CT molecular complexity index is 1970. The van der Waals surface area contributed by atoms with E-state index in [9.17, 15) is 43.2 Å². The van der Waals surface area contributed by atoms with Crippen LogP contribution in [0.5, 0.6) is 0 Å². The number of aliphatic hydroxyl groups is 1. The van der Waals surface area contributed by atoms with E-state index in [1.165, 1.54) is 218 Å². The summed E-state index contributed by atoms with van der Waals surface area (Å²) in [5.74, 6) is 0.981. The second-order valence-corrected chi connectivity index (χ2v) is 34.3. The Balaban J connectivity index is 5.25. The molecule has 0 aliphatic rings. The number of rotatable bonds is 79. The molecule has 0 aromatic rings. The number of carbonyl (C=O) groups is 4. The Morgan fingerprint density at radius 1 is 0.248 bits per heavy atom. The molecule has 0 spiro atoms. The monoisotopic (exact) mass is 1480 g/mol. The molecule has 0 bridgehead atoms. The van der Waals surface area contributed by atoms with Crippen LogP contribution in [0.4, 0.5) is 0 Å². The summed E-state index contributed by atoms with van der Waals surface area (Å²) in [6.07, 6.45) is 58.3. The highest BCUT2D eigenvalue weighted by molar-refractivity contribution is 7.47. The largest absolute Gasteiger partial charge is 0.472 e. The Kier molecular flexibility index (Phi) is 69.6. The van der Waals surface area contributed by atoms with Crippen molar-refractivity contribution in [2.24, 2.45) is 23.7 Å². The Labute approximate surface area is 619 Å². The van der Waals surface area contributed by atoms with E-state index in [2.05, 4.69) is 55.4 Å². The van der Waals surface area contributed by atoms with E-state index in [1.54, 1.807) is 0 Å². The van der Waals surface area contributed by atoms with Crippen LogP contribution in [0.2, 0.25) is 0 Å². The van der Waals surface area contributed by atoms with Gasteiger partial charge >= 0.3 is 39.5 Å². The SMILES string of the molecule is CC(C)CCCCCCCCCCCCCCCCCC(=O)O[C@H](COC(=O)CCCCCCCCCCCCCCCC(C)C)COP(=O)(O)OCC(O)COP(=O)(O)OC[C@@H](COC(=O)CCCCCCCCCC(C)C)OC(=O)CCCCCCCCCCCCCCCCC(C)C. The van der Waals surface area contributed by atoms with Crippen LogP contribution < -0.4 is 0 Å². The van der Waals surface area contributed by atoms with Gasteiger partial charge in [-0.3, -0.25) is 37.3 Å². The maximum atomic E-state index is 13.1. The number of esters is 4. The van der Waals surface area contributed by atoms with Gasteiger partial charge in [-0.1, -0.05) is 370 Å². The number of phosphoric ester groups is 2. The lowest BCUT2D eigenvalue weighted by atomic mass is 10.0. The molecular weight excluding hydrogens is 1320 g/mol. The lowest BCUT2D eigenvalue weighted by molar-refractivity contribution is -0.161. The van der Waals surface area contributed by atoms with Crippen molar-refractivity contribution in [3.8, 4) is 0 Å². The van der Waals surface area contributed by atoms with Gasteiger partial charge in [0, 0.05) is 25.7 Å². The summed E-state index contributed by atoms with van der Waals surface area (Å²) < 4.78 is 68.8. The first kappa shape index (κ1) is 99.1. The fraction of sp³-hybridized carbons (Fsp3) is 0.951. The van der Waals surface area contributed by atoms with Crippen molar-refractivity contribution in [2.45, 2.75) is 440 Å². The molecule has 19 heteroatoms. The average Bonchev–Trinajstić information content (AvgIpc) is 0.918. The minimum atomic E-state index is -4.96. The molecule has 0 rings (SSSR count). The summed E-state index contributed by atoms with van der Waals surface area (Å²) in [4.78, 5) is 73.1. The van der Waals surface area contributed by atoms with E-state index in [0.29, 0.717) is 31.6 Å². The van der Waals surface area contributed by atoms with Crippen LogP contribution in [-0.4, -0.2) is 96.7 Å². The third-order valence-corrected chi connectivity index (χ3v) is 21.0. The van der Waals surface area contributed by atoms with Crippen molar-refractivity contribution in [1.29, 1.82) is 0 Å². The van der Waals surface area contributed by atoms with Crippen LogP contribution in [0, 0.1) is 23.7 Å². The molecular formula is C82H160O17P2. The first-order valence-corrected chi connectivity index (χ1v) is 45.2. The van der Waals surface area contributed by atoms with Crippen LogP contribution >= 0.6 is 15.6 Å². The quantitative estimate of drug-likeness (QED) is 0.0222. The van der Waals surface area contributed by atoms with E-state index in [0.717, 1.165) is 114 Å². The summed E-state index contributed by atoms with van der Waals surface area (Å²) in [6.45, 7) is 14.3. The molecule has 0 aromatic heterocycles. The Hall–Kier alpha value is -1.94. The summed E-state index contributed by atoms with van der Waals surface area (Å²) in [7, 11) is -9.92. The standard InChI is InChI=1S/C82H160O17P2/c1-72(2)58-50-42-34-27-21-15-10-9-11-18-25-31-39-48-56-64-81(86)98-77(68-92-79(84)62-54-46-38-30-24-20-14-17-23-29-36-44-52-60-74(5)6)70-96-100(88,89)94-66-76(83)67-95-101(90,91)97-71-78(69-93-80(85)63-55-47-41-33-37-45-53-61-75(7)8)99-82(87)65-57-49-40-32-26-19-13-12-16-22-28-35-43-51-59-73(3)4/h72-78,83H,9-71H2,1-8H3,(H,88,89)(H,90,91)/t76?,77-,78-/m1/s1. The predicted octanol–water partition coefficient (Wildman–Crippen LogP) is 24.4. The molecule has 0 aromatic carbocycles. The molecule has 600 valence electrons. The van der Waals surface area contributed by atoms with Crippen LogP contribution in [0.25, 0.3) is 0 Å². The van der Waals surface area contributed by atoms with Crippen molar-refractivity contribution in [1.82, 2.24) is 0 Å². The molecule has 0 aliphatic heterocycles. The van der Waals surface area contributed by atoms with Gasteiger partial charge in [-0.05, 0) is 49.4 Å². The van der Waals surface area contributed by atoms with Gasteiger partial charge in [-0.25, -0.2) is 9.13 Å². The zero-order valence-electron chi connectivity index (χ0n) is 66.5. The first-order chi connectivity index (χ1) is 48.6. The molecule has 101 heavy (non-hydrogen) atoms. The van der Waals surface area contributed by atoms with Crippen LogP contribution in [0.3, 0.4) is 0 Å². The molecule has 0 fully saturated rings. The van der Waals surface area contributed by atoms with E-state index in [1.807, 2.05) is 0 Å². The van der Waals surface area contributed by atoms with Gasteiger partial charge in [0.2, 0.25) is 0 Å². The van der Waals surface area contributed by atoms with E-state index < -0.39 is 97.5 Å². The van der Waals surface area contributed by atoms with Gasteiger partial charge in [0.05, 0.1) is 26.4 Å². The first-order valence-electron chi connectivity index (χ1n) is 42.2. The maximum Gasteiger partial charge on any atom is 0.472 e. The second-order valence-electron chi connectivity index (χ2n) is 31.4. The highest BCUT2D eigenvalue weighted by atomic mass is 31.2. The number of hydrogen-bond acceptors (Lipinski definition) is 15. The van der Waals surface area contributed by atoms with Crippen molar-refractivity contribution in [2.75, 3.05) is 39.6 Å². The van der Waals surface area contributed by atoms with Crippen molar-refractivity contribution >= 4 is 39.5 Å². The number of carbonyl (C=O) groups excluding carboxylic acids is 4. The molecule has 0 saturated carbocycles. The van der Waals surface area contributed by atoms with Gasteiger partial charge in [-0.15, -0.1) is 0 Å². The zero-order valence-corrected chi connectivity index (χ0v) is 68.3. The molecule has 3 N–H and O–H groups in total. The van der Waals surface area contributed by atoms with Gasteiger partial charge < -0.3 is 33.8 Å². The highest BCUT2D eigenvalue weighted by Crippen LogP contribution is 2.45. The Morgan fingerprint density at radius 2 is 0.416 bits per heavy atom. The number of ether oxygens (including phenoxy) is 4. The molecule has 5 atom stereocenters. The van der Waals surface area contributed by atoms with Crippen LogP contribution in [-0.2, 0) is 65.4 Å². The van der Waals surface area contributed by atoms with Crippen LogP contribution in [0.1, 0.15) is 421 Å². The van der Waals surface area contributed by atoms with Crippen molar-refractivity contribution in [3.05, 3.63) is 0 Å². The normalized spacial score (nSPS) is 14.0. The fourth-order valence-electron chi connectivity index (χ4n) is 12.6. The van der Waals surface area contributed by atoms with Gasteiger partial charge in [0.1, 0.15) is 19.3 Å². The molecule has 0 heterocycles. The minimum absolute atomic E-state index is 0.106. The minimum Gasteiger partial charge on any atom is -0.462 e. The highest BCUT2D eigenvalue weighted by Gasteiger charge is 2.30. The summed E-state index contributed by atoms with van der Waals surface area (Å²) >= 11 is 0. The summed E-state index contributed by atoms with van der Waals surface area (Å²) in [5.41, 5.74) is 0. The molecule has 0 saturated heterocycles. The predicted molar refractivity (Wildman–Crippen MR) is 414 cm³/mol. The third-order valence-electron chi connectivity index (χ3n) is 19.1. The van der Waals surface area contributed by atoms with Crippen molar-refractivity contribution in [3.63, 3.8) is 0 Å². The second kappa shape index (κ2) is 71.0. The molecule has 0 radical (unpaired) electrons. The smallest absolute Gasteiger partial charge is 0.462 e. The third kappa shape index (κ3) is 76.1. The molecule has 17 nitrogen and oxygen atoms in total. The number of phosphoric acid groups is 2. The number of aliphatic hydroxyl groups excluding tert-OH is 1. The van der Waals surface area contributed by atoms with E-state index in [4.69, 9.17) is 37.0 Å². The van der Waals surface area contributed by atoms with E-state index in [-0.39, 0.29) is 25.7 Å². The topological polar surface area (TPSA) is 237 Å². The van der Waals surface area contributed by atoms with Gasteiger partial charge in [0.25, 0.3) is 0 Å². The molecule has 0 aliphatic carbocycles. The lowest BCUT2D eigenvalue weighted by Gasteiger charge is -2.21.